The standard InChI is InChI=1S/C15H15N3S/c16-15(6-5-11-3-1-2-4-13(11)15)9-12-10-18-7-8-19-14(18)17-12/h1-4,7-8,10H,5-6,9,16H2. The van der Waals surface area contributed by atoms with E-state index in [-0.39, 0.29) is 5.54 Å². The lowest BCUT2D eigenvalue weighted by Gasteiger charge is -2.24. The van der Waals surface area contributed by atoms with E-state index in [1.54, 1.807) is 11.3 Å². The summed E-state index contributed by atoms with van der Waals surface area (Å²) in [6.45, 7) is 0. The van der Waals surface area contributed by atoms with Crippen LogP contribution in [0, 0.1) is 0 Å². The van der Waals surface area contributed by atoms with Gasteiger partial charge in [-0.3, -0.25) is 4.40 Å². The molecule has 0 saturated heterocycles. The minimum Gasteiger partial charge on any atom is -0.321 e. The number of nitrogens with zero attached hydrogens (tertiary/aromatic N) is 2. The van der Waals surface area contributed by atoms with Gasteiger partial charge in [0.1, 0.15) is 0 Å². The van der Waals surface area contributed by atoms with E-state index in [1.807, 2.05) is 6.20 Å². The molecule has 4 rings (SSSR count). The summed E-state index contributed by atoms with van der Waals surface area (Å²) in [4.78, 5) is 5.70. The molecule has 0 aliphatic heterocycles. The minimum atomic E-state index is -0.249. The summed E-state index contributed by atoms with van der Waals surface area (Å²) >= 11 is 1.66. The molecule has 0 amide bonds. The van der Waals surface area contributed by atoms with Crippen molar-refractivity contribution in [2.24, 2.45) is 5.73 Å². The molecule has 1 aromatic carbocycles. The van der Waals surface area contributed by atoms with Gasteiger partial charge in [-0.25, -0.2) is 4.98 Å². The number of nitrogens with two attached hydrogens (primary N) is 1. The number of imidazole rings is 1. The highest BCUT2D eigenvalue weighted by atomic mass is 32.1. The number of fused-ring (bicyclic) bond motifs is 2. The van der Waals surface area contributed by atoms with Crippen LogP contribution in [0.1, 0.15) is 23.2 Å². The van der Waals surface area contributed by atoms with Crippen LogP contribution in [-0.4, -0.2) is 9.38 Å². The SMILES string of the molecule is NC1(Cc2cn3ccsc3n2)CCc2ccccc21. The maximum atomic E-state index is 6.65. The Morgan fingerprint density at radius 2 is 2.26 bits per heavy atom. The number of aromatic nitrogens is 2. The fraction of sp³-hybridized carbons (Fsp3) is 0.267. The molecule has 0 spiro atoms. The molecule has 1 aliphatic rings. The normalized spacial score (nSPS) is 21.9. The van der Waals surface area contributed by atoms with Crippen LogP contribution in [0.4, 0.5) is 0 Å². The maximum Gasteiger partial charge on any atom is 0.193 e. The molecular weight excluding hydrogens is 254 g/mol. The monoisotopic (exact) mass is 269 g/mol. The molecule has 2 aromatic heterocycles. The van der Waals surface area contributed by atoms with Gasteiger partial charge in [-0.1, -0.05) is 24.3 Å². The zero-order valence-corrected chi connectivity index (χ0v) is 11.4. The van der Waals surface area contributed by atoms with Gasteiger partial charge in [-0.15, -0.1) is 11.3 Å². The third-order valence-electron chi connectivity index (χ3n) is 4.03. The van der Waals surface area contributed by atoms with Crippen molar-refractivity contribution in [3.05, 3.63) is 58.9 Å². The second-order valence-corrected chi connectivity index (χ2v) is 6.19. The van der Waals surface area contributed by atoms with Gasteiger partial charge in [-0.2, -0.15) is 0 Å². The van der Waals surface area contributed by atoms with Gasteiger partial charge in [0.15, 0.2) is 4.96 Å². The van der Waals surface area contributed by atoms with Crippen LogP contribution < -0.4 is 5.73 Å². The number of rotatable bonds is 2. The van der Waals surface area contributed by atoms with Gasteiger partial charge in [0.2, 0.25) is 0 Å². The molecule has 0 fully saturated rings. The van der Waals surface area contributed by atoms with Crippen LogP contribution in [0.3, 0.4) is 0 Å². The van der Waals surface area contributed by atoms with Crippen molar-refractivity contribution in [3.8, 4) is 0 Å². The zero-order valence-electron chi connectivity index (χ0n) is 10.5. The first-order valence-corrected chi connectivity index (χ1v) is 7.41. The number of aryl methyl sites for hydroxylation is 1. The summed E-state index contributed by atoms with van der Waals surface area (Å²) in [5, 5.41) is 2.05. The van der Waals surface area contributed by atoms with E-state index in [4.69, 9.17) is 5.73 Å². The highest BCUT2D eigenvalue weighted by Gasteiger charge is 2.35. The first-order valence-electron chi connectivity index (χ1n) is 6.53. The van der Waals surface area contributed by atoms with E-state index < -0.39 is 0 Å². The van der Waals surface area contributed by atoms with Crippen LogP contribution in [0.25, 0.3) is 4.96 Å². The summed E-state index contributed by atoms with van der Waals surface area (Å²) < 4.78 is 2.07. The second kappa shape index (κ2) is 3.92. The summed E-state index contributed by atoms with van der Waals surface area (Å²) in [6.07, 6.45) is 7.05. The van der Waals surface area contributed by atoms with Crippen molar-refractivity contribution in [1.82, 2.24) is 9.38 Å². The zero-order chi connectivity index (χ0) is 12.9. The third kappa shape index (κ3) is 1.71. The Morgan fingerprint density at radius 3 is 3.16 bits per heavy atom. The summed E-state index contributed by atoms with van der Waals surface area (Å²) in [6, 6.07) is 8.53. The van der Waals surface area contributed by atoms with Crippen molar-refractivity contribution >= 4 is 16.3 Å². The van der Waals surface area contributed by atoms with Gasteiger partial charge in [0.25, 0.3) is 0 Å². The van der Waals surface area contributed by atoms with Crippen LogP contribution in [-0.2, 0) is 18.4 Å². The van der Waals surface area contributed by atoms with E-state index in [2.05, 4.69) is 45.2 Å². The lowest BCUT2D eigenvalue weighted by Crippen LogP contribution is -2.36. The van der Waals surface area contributed by atoms with E-state index in [0.717, 1.165) is 29.9 Å². The molecule has 1 aliphatic carbocycles. The molecule has 4 heteroatoms. The molecule has 2 heterocycles. The van der Waals surface area contributed by atoms with Crippen LogP contribution in [0.5, 0.6) is 0 Å². The van der Waals surface area contributed by atoms with Crippen LogP contribution in [0.2, 0.25) is 0 Å². The van der Waals surface area contributed by atoms with Gasteiger partial charge in [-0.05, 0) is 24.0 Å². The van der Waals surface area contributed by atoms with Crippen molar-refractivity contribution in [2.75, 3.05) is 0 Å². The highest BCUT2D eigenvalue weighted by Crippen LogP contribution is 2.37. The predicted octanol–water partition coefficient (Wildman–Crippen LogP) is 2.74. The molecule has 1 unspecified atom stereocenters. The lowest BCUT2D eigenvalue weighted by atomic mass is 9.88. The summed E-state index contributed by atoms with van der Waals surface area (Å²) in [5.74, 6) is 0. The highest BCUT2D eigenvalue weighted by molar-refractivity contribution is 7.15. The van der Waals surface area contributed by atoms with Crippen molar-refractivity contribution in [1.29, 1.82) is 0 Å². The molecule has 0 bridgehead atoms. The fourth-order valence-corrected chi connectivity index (χ4v) is 3.80. The topological polar surface area (TPSA) is 43.3 Å². The van der Waals surface area contributed by atoms with Crippen molar-refractivity contribution in [3.63, 3.8) is 0 Å². The van der Waals surface area contributed by atoms with Crippen molar-refractivity contribution < 1.29 is 0 Å². The summed E-state index contributed by atoms with van der Waals surface area (Å²) in [5.41, 5.74) is 10.2. The van der Waals surface area contributed by atoms with Gasteiger partial charge >= 0.3 is 0 Å². The van der Waals surface area contributed by atoms with E-state index >= 15 is 0 Å². The van der Waals surface area contributed by atoms with Gasteiger partial charge in [0, 0.05) is 29.7 Å². The second-order valence-electron chi connectivity index (χ2n) is 5.32. The quantitative estimate of drug-likeness (QED) is 0.777. The Kier molecular flexibility index (Phi) is 2.31. The average molecular weight is 269 g/mol. The molecule has 3 aromatic rings. The molecule has 19 heavy (non-hydrogen) atoms. The van der Waals surface area contributed by atoms with Gasteiger partial charge in [0.05, 0.1) is 5.69 Å². The predicted molar refractivity (Wildman–Crippen MR) is 77.4 cm³/mol. The maximum absolute atomic E-state index is 6.65. The Balaban J connectivity index is 1.71. The van der Waals surface area contributed by atoms with Crippen LogP contribution in [0.15, 0.2) is 42.0 Å². The molecule has 0 saturated carbocycles. The molecule has 0 radical (unpaired) electrons. The Bertz CT molecular complexity index is 714. The molecule has 96 valence electrons. The number of thiazole rings is 1. The first-order chi connectivity index (χ1) is 9.24. The minimum absolute atomic E-state index is 0.249. The molecule has 2 N–H and O–H groups in total. The number of benzene rings is 1. The Labute approximate surface area is 115 Å². The fourth-order valence-electron chi connectivity index (χ4n) is 3.08. The summed E-state index contributed by atoms with van der Waals surface area (Å²) in [7, 11) is 0. The van der Waals surface area contributed by atoms with Gasteiger partial charge < -0.3 is 5.73 Å². The smallest absolute Gasteiger partial charge is 0.193 e. The Hall–Kier alpha value is -1.65. The molecule has 1 atom stereocenters. The van der Waals surface area contributed by atoms with Crippen molar-refractivity contribution in [2.45, 2.75) is 24.8 Å². The van der Waals surface area contributed by atoms with Crippen LogP contribution >= 0.6 is 11.3 Å². The van der Waals surface area contributed by atoms with E-state index in [0.29, 0.717) is 0 Å². The molecule has 3 nitrogen and oxygen atoms in total. The number of hydrogen-bond donors (Lipinski definition) is 1. The first kappa shape index (κ1) is 11.2. The molecular formula is C15H15N3S. The van der Waals surface area contributed by atoms with E-state index in [9.17, 15) is 0 Å². The van der Waals surface area contributed by atoms with E-state index in [1.165, 1.54) is 11.1 Å². The largest absolute Gasteiger partial charge is 0.321 e. The third-order valence-corrected chi connectivity index (χ3v) is 4.80. The average Bonchev–Trinajstić information content (AvgIpc) is 3.05. The Morgan fingerprint density at radius 1 is 1.37 bits per heavy atom. The number of hydrogen-bond acceptors (Lipinski definition) is 3. The lowest BCUT2D eigenvalue weighted by molar-refractivity contribution is 0.435.